The van der Waals surface area contributed by atoms with Crippen molar-refractivity contribution >= 4 is 11.8 Å². The van der Waals surface area contributed by atoms with Crippen LogP contribution in [-0.4, -0.2) is 48.5 Å². The van der Waals surface area contributed by atoms with Crippen LogP contribution in [0.3, 0.4) is 0 Å². The Labute approximate surface area is 168 Å². The number of likely N-dealkylation sites (tertiary alicyclic amines) is 1. The van der Waals surface area contributed by atoms with E-state index in [0.29, 0.717) is 31.8 Å². The molecule has 2 rings (SSSR count). The Bertz CT molecular complexity index is 652. The molecular weight excluding hydrogens is 354 g/mol. The van der Waals surface area contributed by atoms with Crippen LogP contribution in [0.1, 0.15) is 58.9 Å². The van der Waals surface area contributed by atoms with Gasteiger partial charge in [-0.05, 0) is 49.3 Å². The van der Waals surface area contributed by atoms with Gasteiger partial charge in [-0.2, -0.15) is 0 Å². The number of ether oxygens (including phenoxy) is 1. The summed E-state index contributed by atoms with van der Waals surface area (Å²) in [5.41, 5.74) is 6.72. The van der Waals surface area contributed by atoms with Gasteiger partial charge in [0.25, 0.3) is 5.91 Å². The van der Waals surface area contributed by atoms with Crippen molar-refractivity contribution in [3.8, 4) is 5.75 Å². The Morgan fingerprint density at radius 1 is 1.25 bits per heavy atom. The zero-order valence-corrected chi connectivity index (χ0v) is 17.7. The van der Waals surface area contributed by atoms with E-state index < -0.39 is 6.10 Å². The van der Waals surface area contributed by atoms with Gasteiger partial charge < -0.3 is 20.7 Å². The average Bonchev–Trinajstić information content (AvgIpc) is 2.66. The van der Waals surface area contributed by atoms with Crippen molar-refractivity contribution in [2.24, 2.45) is 5.73 Å². The van der Waals surface area contributed by atoms with Crippen molar-refractivity contribution in [3.63, 3.8) is 0 Å². The molecule has 28 heavy (non-hydrogen) atoms. The number of rotatable bonds is 7. The molecule has 6 nitrogen and oxygen atoms in total. The maximum absolute atomic E-state index is 13.0. The molecule has 0 radical (unpaired) electrons. The van der Waals surface area contributed by atoms with Gasteiger partial charge in [0.05, 0.1) is 0 Å². The second-order valence-electron chi connectivity index (χ2n) is 8.56. The molecule has 0 bridgehead atoms. The number of amides is 2. The van der Waals surface area contributed by atoms with Crippen LogP contribution in [0.15, 0.2) is 24.3 Å². The summed E-state index contributed by atoms with van der Waals surface area (Å²) < 4.78 is 5.91. The van der Waals surface area contributed by atoms with Gasteiger partial charge in [0.1, 0.15) is 5.75 Å². The van der Waals surface area contributed by atoms with Gasteiger partial charge in [0.15, 0.2) is 6.10 Å². The van der Waals surface area contributed by atoms with Crippen LogP contribution >= 0.6 is 0 Å². The standard InChI is InChI=1S/C22H35N3O3/c1-16(28-19-10-8-17(9-11-19)22(2,3)4)21(27)25-14-6-5-7-18(25)15-24-20(26)12-13-23/h8-11,16,18H,5-7,12-15,23H2,1-4H3,(H,24,26). The third kappa shape index (κ3) is 6.23. The molecule has 0 spiro atoms. The molecule has 2 unspecified atom stereocenters. The van der Waals surface area contributed by atoms with Gasteiger partial charge in [-0.25, -0.2) is 0 Å². The summed E-state index contributed by atoms with van der Waals surface area (Å²) in [5, 5.41) is 2.89. The first-order valence-corrected chi connectivity index (χ1v) is 10.3. The minimum Gasteiger partial charge on any atom is -0.481 e. The number of nitrogens with one attached hydrogen (secondary N) is 1. The number of benzene rings is 1. The van der Waals surface area contributed by atoms with Crippen LogP contribution in [-0.2, 0) is 15.0 Å². The lowest BCUT2D eigenvalue weighted by Crippen LogP contribution is -2.52. The molecule has 2 atom stereocenters. The summed E-state index contributed by atoms with van der Waals surface area (Å²) in [7, 11) is 0. The molecule has 0 aromatic heterocycles. The van der Waals surface area contributed by atoms with Gasteiger partial charge in [-0.15, -0.1) is 0 Å². The Morgan fingerprint density at radius 2 is 1.93 bits per heavy atom. The number of carbonyl (C=O) groups is 2. The van der Waals surface area contributed by atoms with Crippen LogP contribution in [0, 0.1) is 0 Å². The number of piperidine rings is 1. The first kappa shape index (κ1) is 22.2. The second-order valence-corrected chi connectivity index (χ2v) is 8.56. The predicted octanol–water partition coefficient (Wildman–Crippen LogP) is 2.60. The van der Waals surface area contributed by atoms with Crippen LogP contribution < -0.4 is 15.8 Å². The van der Waals surface area contributed by atoms with Crippen LogP contribution in [0.25, 0.3) is 0 Å². The molecule has 3 N–H and O–H groups in total. The highest BCUT2D eigenvalue weighted by atomic mass is 16.5. The van der Waals surface area contributed by atoms with Gasteiger partial charge in [-0.3, -0.25) is 9.59 Å². The molecular formula is C22H35N3O3. The highest BCUT2D eigenvalue weighted by Crippen LogP contribution is 2.25. The van der Waals surface area contributed by atoms with Crippen LogP contribution in [0.2, 0.25) is 0 Å². The lowest BCUT2D eigenvalue weighted by Gasteiger charge is -2.37. The molecule has 6 heteroatoms. The Hall–Kier alpha value is -2.08. The van der Waals surface area contributed by atoms with E-state index in [1.54, 1.807) is 6.92 Å². The maximum Gasteiger partial charge on any atom is 0.263 e. The summed E-state index contributed by atoms with van der Waals surface area (Å²) in [6.45, 7) is 9.79. The molecule has 1 saturated heterocycles. The van der Waals surface area contributed by atoms with E-state index in [2.05, 4.69) is 26.1 Å². The Morgan fingerprint density at radius 3 is 2.54 bits per heavy atom. The smallest absolute Gasteiger partial charge is 0.263 e. The molecule has 156 valence electrons. The van der Waals surface area contributed by atoms with Crippen molar-refractivity contribution in [1.82, 2.24) is 10.2 Å². The monoisotopic (exact) mass is 389 g/mol. The molecule has 2 amide bonds. The topological polar surface area (TPSA) is 84.7 Å². The molecule has 0 aliphatic carbocycles. The lowest BCUT2D eigenvalue weighted by molar-refractivity contribution is -0.142. The summed E-state index contributed by atoms with van der Waals surface area (Å²) in [5.74, 6) is 0.597. The van der Waals surface area contributed by atoms with E-state index >= 15 is 0 Å². The molecule has 1 aliphatic rings. The van der Waals surface area contributed by atoms with Crippen LogP contribution in [0.4, 0.5) is 0 Å². The Balaban J connectivity index is 1.96. The molecule has 1 aliphatic heterocycles. The van der Waals surface area contributed by atoms with Crippen molar-refractivity contribution in [2.75, 3.05) is 19.6 Å². The minimum atomic E-state index is -0.569. The first-order chi connectivity index (χ1) is 13.2. The van der Waals surface area contributed by atoms with Gasteiger partial charge in [0, 0.05) is 32.1 Å². The minimum absolute atomic E-state index is 0.0114. The van der Waals surface area contributed by atoms with Crippen LogP contribution in [0.5, 0.6) is 5.75 Å². The fraction of sp³-hybridized carbons (Fsp3) is 0.636. The number of hydrogen-bond acceptors (Lipinski definition) is 4. The van der Waals surface area contributed by atoms with Gasteiger partial charge in [0.2, 0.25) is 5.91 Å². The predicted molar refractivity (Wildman–Crippen MR) is 111 cm³/mol. The third-order valence-corrected chi connectivity index (χ3v) is 5.20. The number of nitrogens with zero attached hydrogens (tertiary/aromatic N) is 1. The van der Waals surface area contributed by atoms with Gasteiger partial charge >= 0.3 is 0 Å². The maximum atomic E-state index is 13.0. The zero-order valence-electron chi connectivity index (χ0n) is 17.7. The van der Waals surface area contributed by atoms with Gasteiger partial charge in [-0.1, -0.05) is 32.9 Å². The third-order valence-electron chi connectivity index (χ3n) is 5.20. The highest BCUT2D eigenvalue weighted by molar-refractivity contribution is 5.81. The van der Waals surface area contributed by atoms with E-state index in [9.17, 15) is 9.59 Å². The van der Waals surface area contributed by atoms with E-state index in [4.69, 9.17) is 10.5 Å². The van der Waals surface area contributed by atoms with E-state index in [1.807, 2.05) is 29.2 Å². The molecule has 1 aromatic carbocycles. The molecule has 1 fully saturated rings. The highest BCUT2D eigenvalue weighted by Gasteiger charge is 2.30. The van der Waals surface area contributed by atoms with E-state index in [0.717, 1.165) is 19.3 Å². The largest absolute Gasteiger partial charge is 0.481 e. The summed E-state index contributed by atoms with van der Waals surface area (Å²) in [6, 6.07) is 7.94. The fourth-order valence-electron chi connectivity index (χ4n) is 3.48. The zero-order chi connectivity index (χ0) is 20.7. The SMILES string of the molecule is CC(Oc1ccc(C(C)(C)C)cc1)C(=O)N1CCCCC1CNC(=O)CCN. The van der Waals surface area contributed by atoms with Crippen molar-refractivity contribution < 1.29 is 14.3 Å². The summed E-state index contributed by atoms with van der Waals surface area (Å²) in [6.07, 6.45) is 2.67. The first-order valence-electron chi connectivity index (χ1n) is 10.3. The van der Waals surface area contributed by atoms with Crippen molar-refractivity contribution in [1.29, 1.82) is 0 Å². The van der Waals surface area contributed by atoms with E-state index in [1.165, 1.54) is 5.56 Å². The number of carbonyl (C=O) groups excluding carboxylic acids is 2. The summed E-state index contributed by atoms with van der Waals surface area (Å²) in [4.78, 5) is 26.6. The van der Waals surface area contributed by atoms with Crippen molar-refractivity contribution in [2.45, 2.75) is 70.9 Å². The number of hydrogen-bond donors (Lipinski definition) is 2. The molecule has 1 aromatic rings. The average molecular weight is 390 g/mol. The summed E-state index contributed by atoms with van der Waals surface area (Å²) >= 11 is 0. The quantitative estimate of drug-likeness (QED) is 0.751. The molecule has 1 heterocycles. The van der Waals surface area contributed by atoms with Crippen molar-refractivity contribution in [3.05, 3.63) is 29.8 Å². The lowest BCUT2D eigenvalue weighted by atomic mass is 9.87. The normalized spacial score (nSPS) is 18.5. The number of nitrogens with two attached hydrogens (primary N) is 1. The second kappa shape index (κ2) is 9.92. The van der Waals surface area contributed by atoms with E-state index in [-0.39, 0.29) is 23.3 Å². The Kier molecular flexibility index (Phi) is 7.87. The fourth-order valence-corrected chi connectivity index (χ4v) is 3.48. The molecule has 0 saturated carbocycles.